The Morgan fingerprint density at radius 1 is 0.318 bits per heavy atom. The Balaban J connectivity index is 3.32. The van der Waals surface area contributed by atoms with Crippen LogP contribution < -0.4 is 5.32 Å². The fourth-order valence-corrected chi connectivity index (χ4v) is 12.8. The minimum atomic E-state index is -0.841. The van der Waals surface area contributed by atoms with Crippen molar-refractivity contribution in [2.75, 3.05) is 13.2 Å². The van der Waals surface area contributed by atoms with Crippen LogP contribution in [0.4, 0.5) is 0 Å². The van der Waals surface area contributed by atoms with Crippen molar-refractivity contribution in [3.63, 3.8) is 0 Å². The van der Waals surface area contributed by atoms with Crippen LogP contribution in [0.15, 0.2) is 36.5 Å². The topological polar surface area (TPSA) is 95.9 Å². The summed E-state index contributed by atoms with van der Waals surface area (Å²) in [6.07, 6.45) is 101. The van der Waals surface area contributed by atoms with Gasteiger partial charge in [-0.1, -0.05) is 410 Å². The zero-order chi connectivity index (χ0) is 63.5. The van der Waals surface area contributed by atoms with Crippen LogP contribution in [0.5, 0.6) is 0 Å². The van der Waals surface area contributed by atoms with Crippen LogP contribution in [-0.4, -0.2) is 47.4 Å². The minimum absolute atomic E-state index is 0.0103. The molecule has 0 aliphatic carbocycles. The van der Waals surface area contributed by atoms with Gasteiger partial charge in [-0.25, -0.2) is 0 Å². The summed E-state index contributed by atoms with van der Waals surface area (Å²) < 4.78 is 5.50. The van der Waals surface area contributed by atoms with E-state index >= 15 is 0 Å². The van der Waals surface area contributed by atoms with Crippen molar-refractivity contribution in [2.45, 2.75) is 463 Å². The lowest BCUT2D eigenvalue weighted by atomic mass is 10.0. The molecule has 2 unspecified atom stereocenters. The van der Waals surface area contributed by atoms with Crippen molar-refractivity contribution in [1.29, 1.82) is 0 Å². The third kappa shape index (κ3) is 73.1. The molecule has 0 aliphatic heterocycles. The summed E-state index contributed by atoms with van der Waals surface area (Å²) in [7, 11) is 0. The van der Waals surface area contributed by atoms with Gasteiger partial charge in [0.15, 0.2) is 0 Å². The number of aliphatic hydroxyl groups excluding tert-OH is 2. The van der Waals surface area contributed by atoms with Crippen LogP contribution in [0, 0.1) is 0 Å². The Kier molecular flexibility index (Phi) is 75.8. The largest absolute Gasteiger partial charge is 0.466 e. The fourth-order valence-electron chi connectivity index (χ4n) is 12.8. The molecule has 0 saturated carbocycles. The Labute approximate surface area is 551 Å². The standard InChI is InChI=1S/C82H157NO5/c1-3-5-7-9-11-13-15-17-19-21-43-46-50-54-58-62-66-70-74-80(85)79(78-84)83-81(86)75-71-67-63-59-55-51-47-44-41-39-37-35-33-31-29-27-25-23-22-24-26-28-30-32-34-36-38-40-42-45-49-53-57-61-65-69-73-77-88-82(87)76-72-68-64-60-56-52-48-20-18-16-14-12-10-8-6-4-2/h14,16,20,48,70,74,79-80,84-85H,3-13,15,17-19,21-47,49-69,71-73,75-78H2,1-2H3,(H,83,86)/b16-14-,48-20-,74-70+. The van der Waals surface area contributed by atoms with Gasteiger partial charge >= 0.3 is 5.97 Å². The molecule has 0 aliphatic rings. The zero-order valence-electron chi connectivity index (χ0n) is 59.7. The van der Waals surface area contributed by atoms with Crippen LogP contribution in [0.25, 0.3) is 0 Å². The SMILES string of the molecule is CCCCCC/C=C\C/C=C\CCCCCCCC(=O)OCCCCCCCCCCCCCCCCCCCCCCCCCCCCCCCCCCCCCCCC(=O)NC(CO)C(O)/C=C/CCCCCCCCCCCCCCCCCC. The molecule has 88 heavy (non-hydrogen) atoms. The molecule has 0 aromatic heterocycles. The monoisotopic (exact) mass is 1240 g/mol. The molecule has 0 saturated heterocycles. The number of esters is 1. The average molecular weight is 1240 g/mol. The third-order valence-electron chi connectivity index (χ3n) is 18.9. The number of aliphatic hydroxyl groups is 2. The van der Waals surface area contributed by atoms with Gasteiger partial charge in [0.05, 0.1) is 25.4 Å². The van der Waals surface area contributed by atoms with Gasteiger partial charge in [-0.15, -0.1) is 0 Å². The van der Waals surface area contributed by atoms with Crippen molar-refractivity contribution in [1.82, 2.24) is 5.32 Å². The molecule has 1 amide bonds. The van der Waals surface area contributed by atoms with Crippen LogP contribution in [0.2, 0.25) is 0 Å². The predicted octanol–water partition coefficient (Wildman–Crippen LogP) is 26.6. The maximum Gasteiger partial charge on any atom is 0.305 e. The molecule has 0 fully saturated rings. The van der Waals surface area contributed by atoms with E-state index in [9.17, 15) is 19.8 Å². The fraction of sp³-hybridized carbons (Fsp3) is 0.902. The molecule has 0 spiro atoms. The Morgan fingerprint density at radius 3 is 0.875 bits per heavy atom. The molecule has 0 bridgehead atoms. The van der Waals surface area contributed by atoms with Gasteiger partial charge in [0.2, 0.25) is 5.91 Å². The first-order chi connectivity index (χ1) is 43.5. The molecule has 0 heterocycles. The molecule has 0 aromatic carbocycles. The van der Waals surface area contributed by atoms with Gasteiger partial charge in [0.25, 0.3) is 0 Å². The Bertz CT molecular complexity index is 1430. The first-order valence-corrected chi connectivity index (χ1v) is 40.3. The molecule has 520 valence electrons. The number of rotatable bonds is 76. The average Bonchev–Trinajstić information content (AvgIpc) is 3.58. The number of amides is 1. The smallest absolute Gasteiger partial charge is 0.305 e. The second-order valence-electron chi connectivity index (χ2n) is 27.8. The van der Waals surface area contributed by atoms with Crippen LogP contribution >= 0.6 is 0 Å². The number of unbranched alkanes of at least 4 members (excludes halogenated alkanes) is 61. The van der Waals surface area contributed by atoms with E-state index < -0.39 is 12.1 Å². The quantitative estimate of drug-likeness (QED) is 0.0320. The highest BCUT2D eigenvalue weighted by molar-refractivity contribution is 5.76. The number of allylic oxidation sites excluding steroid dienone is 5. The highest BCUT2D eigenvalue weighted by atomic mass is 16.5. The number of carbonyl (C=O) groups is 2. The summed E-state index contributed by atoms with van der Waals surface area (Å²) in [6, 6.07) is -0.624. The third-order valence-corrected chi connectivity index (χ3v) is 18.9. The number of nitrogens with one attached hydrogen (secondary N) is 1. The minimum Gasteiger partial charge on any atom is -0.466 e. The normalized spacial score (nSPS) is 12.6. The van der Waals surface area contributed by atoms with Crippen molar-refractivity contribution in [3.05, 3.63) is 36.5 Å². The molecule has 0 rings (SSSR count). The lowest BCUT2D eigenvalue weighted by Crippen LogP contribution is -2.45. The molecular weight excluding hydrogens is 1080 g/mol. The van der Waals surface area contributed by atoms with Crippen LogP contribution in [0.3, 0.4) is 0 Å². The van der Waals surface area contributed by atoms with E-state index in [1.807, 2.05) is 6.08 Å². The lowest BCUT2D eigenvalue weighted by Gasteiger charge is -2.20. The second-order valence-corrected chi connectivity index (χ2v) is 27.8. The van der Waals surface area contributed by atoms with Crippen molar-refractivity contribution < 1.29 is 24.5 Å². The predicted molar refractivity (Wildman–Crippen MR) is 389 cm³/mol. The van der Waals surface area contributed by atoms with Gasteiger partial charge in [0, 0.05) is 12.8 Å². The molecule has 6 heteroatoms. The van der Waals surface area contributed by atoms with E-state index in [0.717, 1.165) is 51.4 Å². The van der Waals surface area contributed by atoms with Gasteiger partial charge in [-0.05, 0) is 64.2 Å². The van der Waals surface area contributed by atoms with E-state index in [1.165, 1.54) is 372 Å². The van der Waals surface area contributed by atoms with Gasteiger partial charge in [-0.3, -0.25) is 9.59 Å². The maximum absolute atomic E-state index is 12.5. The Hall–Kier alpha value is -1.92. The molecule has 0 radical (unpaired) electrons. The maximum atomic E-state index is 12.5. The summed E-state index contributed by atoms with van der Waals surface area (Å²) in [4.78, 5) is 24.6. The number of hydrogen-bond donors (Lipinski definition) is 3. The van der Waals surface area contributed by atoms with Gasteiger partial charge < -0.3 is 20.3 Å². The second kappa shape index (κ2) is 77.5. The first kappa shape index (κ1) is 86.1. The van der Waals surface area contributed by atoms with Gasteiger partial charge in [-0.2, -0.15) is 0 Å². The van der Waals surface area contributed by atoms with Gasteiger partial charge in [0.1, 0.15) is 0 Å². The lowest BCUT2D eigenvalue weighted by molar-refractivity contribution is -0.143. The summed E-state index contributed by atoms with van der Waals surface area (Å²) >= 11 is 0. The zero-order valence-corrected chi connectivity index (χ0v) is 59.7. The summed E-state index contributed by atoms with van der Waals surface area (Å²) in [5.74, 6) is -0.0481. The van der Waals surface area contributed by atoms with E-state index in [0.29, 0.717) is 19.4 Å². The van der Waals surface area contributed by atoms with E-state index in [4.69, 9.17) is 4.74 Å². The number of carbonyl (C=O) groups excluding carboxylic acids is 2. The van der Waals surface area contributed by atoms with Crippen molar-refractivity contribution in [3.8, 4) is 0 Å². The molecular formula is C82H157NO5. The molecule has 6 nitrogen and oxygen atoms in total. The van der Waals surface area contributed by atoms with Crippen LogP contribution in [-0.2, 0) is 14.3 Å². The molecule has 3 N–H and O–H groups in total. The molecule has 2 atom stereocenters. The number of hydrogen-bond acceptors (Lipinski definition) is 5. The Morgan fingerprint density at radius 2 is 0.568 bits per heavy atom. The van der Waals surface area contributed by atoms with Crippen molar-refractivity contribution >= 4 is 11.9 Å². The summed E-state index contributed by atoms with van der Waals surface area (Å²) in [5.41, 5.74) is 0. The summed E-state index contributed by atoms with van der Waals surface area (Å²) in [6.45, 7) is 4.93. The van der Waals surface area contributed by atoms with Crippen molar-refractivity contribution in [2.24, 2.45) is 0 Å². The first-order valence-electron chi connectivity index (χ1n) is 40.3. The van der Waals surface area contributed by atoms with E-state index in [-0.39, 0.29) is 18.5 Å². The van der Waals surface area contributed by atoms with E-state index in [2.05, 4.69) is 43.5 Å². The number of ether oxygens (including phenoxy) is 1. The summed E-state index contributed by atoms with van der Waals surface area (Å²) in [5, 5.41) is 23.3. The van der Waals surface area contributed by atoms with Crippen LogP contribution in [0.1, 0.15) is 450 Å². The highest BCUT2D eigenvalue weighted by Gasteiger charge is 2.18. The highest BCUT2D eigenvalue weighted by Crippen LogP contribution is 2.20. The molecule has 0 aromatic rings. The van der Waals surface area contributed by atoms with E-state index in [1.54, 1.807) is 6.08 Å².